The molecule has 1 aromatic rings. The fourth-order valence-corrected chi connectivity index (χ4v) is 3.21. The van der Waals surface area contributed by atoms with Gasteiger partial charge in [-0.3, -0.25) is 9.59 Å². The molecule has 6 heteroatoms. The van der Waals surface area contributed by atoms with Gasteiger partial charge < -0.3 is 15.1 Å². The second-order valence-electron chi connectivity index (χ2n) is 6.68. The van der Waals surface area contributed by atoms with Crippen LogP contribution in [-0.2, 0) is 9.59 Å². The Morgan fingerprint density at radius 1 is 1.12 bits per heavy atom. The summed E-state index contributed by atoms with van der Waals surface area (Å²) in [6.45, 7) is 7.34. The lowest BCUT2D eigenvalue weighted by atomic mass is 9.87. The summed E-state index contributed by atoms with van der Waals surface area (Å²) in [5.74, 6) is -0.187. The number of benzene rings is 1. The largest absolute Gasteiger partial charge is 0.346 e. The molecule has 24 heavy (non-hydrogen) atoms. The maximum absolute atomic E-state index is 12.6. The van der Waals surface area contributed by atoms with Crippen LogP contribution < -0.4 is 5.32 Å². The Labute approximate surface area is 152 Å². The van der Waals surface area contributed by atoms with E-state index in [0.717, 1.165) is 36.2 Å². The maximum Gasteiger partial charge on any atom is 0.242 e. The topological polar surface area (TPSA) is 52.7 Å². The van der Waals surface area contributed by atoms with E-state index in [4.69, 9.17) is 0 Å². The Morgan fingerprint density at radius 3 is 2.25 bits per heavy atom. The van der Waals surface area contributed by atoms with Crippen LogP contribution in [0.4, 0.5) is 0 Å². The van der Waals surface area contributed by atoms with Gasteiger partial charge in [0.2, 0.25) is 11.8 Å². The minimum absolute atomic E-state index is 0.00485. The van der Waals surface area contributed by atoms with Gasteiger partial charge in [0.05, 0.1) is 12.5 Å². The van der Waals surface area contributed by atoms with Crippen LogP contribution in [0.3, 0.4) is 0 Å². The summed E-state index contributed by atoms with van der Waals surface area (Å²) in [5.41, 5.74) is 0.970. The predicted molar refractivity (Wildman–Crippen MR) is 98.8 cm³/mol. The highest BCUT2D eigenvalue weighted by molar-refractivity contribution is 9.10. The first-order valence-corrected chi connectivity index (χ1v) is 9.17. The Kier molecular flexibility index (Phi) is 6.80. The van der Waals surface area contributed by atoms with E-state index in [2.05, 4.69) is 33.2 Å². The highest BCUT2D eigenvalue weighted by atomic mass is 79.9. The average Bonchev–Trinajstić information content (AvgIpc) is 2.55. The molecule has 0 spiro atoms. The highest BCUT2D eigenvalue weighted by Crippen LogP contribution is 2.26. The lowest BCUT2D eigenvalue weighted by Crippen LogP contribution is -2.50. The third-order valence-electron chi connectivity index (χ3n) is 4.45. The number of hydrogen-bond donors (Lipinski definition) is 1. The Morgan fingerprint density at radius 2 is 1.71 bits per heavy atom. The standard InChI is InChI=1S/C18H26BrN3O2/c1-13(2)17(14-4-6-15(19)7-5-14)18(24)20-12-16(23)22-10-8-21(3)9-11-22/h4-7,13,17H,8-12H2,1-3H3,(H,20,24). The highest BCUT2D eigenvalue weighted by Gasteiger charge is 2.25. The number of halogens is 1. The summed E-state index contributed by atoms with van der Waals surface area (Å²) in [4.78, 5) is 28.9. The van der Waals surface area contributed by atoms with Crippen molar-refractivity contribution in [1.29, 1.82) is 0 Å². The Bertz CT molecular complexity index is 566. The number of nitrogens with one attached hydrogen (secondary N) is 1. The van der Waals surface area contributed by atoms with E-state index in [0.29, 0.717) is 0 Å². The van der Waals surface area contributed by atoms with Crippen LogP contribution in [0.1, 0.15) is 25.3 Å². The lowest BCUT2D eigenvalue weighted by Gasteiger charge is -2.32. The Balaban J connectivity index is 1.93. The summed E-state index contributed by atoms with van der Waals surface area (Å²) in [6.07, 6.45) is 0. The number of likely N-dealkylation sites (N-methyl/N-ethyl adjacent to an activating group) is 1. The molecule has 0 saturated carbocycles. The summed E-state index contributed by atoms with van der Waals surface area (Å²) in [7, 11) is 2.05. The van der Waals surface area contributed by atoms with Crippen molar-refractivity contribution >= 4 is 27.7 Å². The molecule has 1 fully saturated rings. The van der Waals surface area contributed by atoms with E-state index in [1.54, 1.807) is 0 Å². The molecule has 2 amide bonds. The summed E-state index contributed by atoms with van der Waals surface area (Å²) >= 11 is 3.41. The van der Waals surface area contributed by atoms with Gasteiger partial charge in [0, 0.05) is 30.7 Å². The van der Waals surface area contributed by atoms with Gasteiger partial charge in [-0.25, -0.2) is 0 Å². The molecule has 1 saturated heterocycles. The smallest absolute Gasteiger partial charge is 0.242 e. The van der Waals surface area contributed by atoms with Crippen LogP contribution in [0, 0.1) is 5.92 Å². The van der Waals surface area contributed by atoms with Gasteiger partial charge in [-0.1, -0.05) is 41.9 Å². The maximum atomic E-state index is 12.6. The van der Waals surface area contributed by atoms with Gasteiger partial charge in [0.15, 0.2) is 0 Å². The van der Waals surface area contributed by atoms with Gasteiger partial charge in [0.25, 0.3) is 0 Å². The second-order valence-corrected chi connectivity index (χ2v) is 7.59. The SMILES string of the molecule is CC(C)C(C(=O)NCC(=O)N1CCN(C)CC1)c1ccc(Br)cc1. The van der Waals surface area contributed by atoms with Crippen molar-refractivity contribution in [3.63, 3.8) is 0 Å². The first-order chi connectivity index (χ1) is 11.4. The summed E-state index contributed by atoms with van der Waals surface area (Å²) < 4.78 is 0.986. The van der Waals surface area contributed by atoms with Crippen molar-refractivity contribution in [2.75, 3.05) is 39.8 Å². The van der Waals surface area contributed by atoms with Crippen molar-refractivity contribution < 1.29 is 9.59 Å². The van der Waals surface area contributed by atoms with Gasteiger partial charge in [0.1, 0.15) is 0 Å². The molecule has 0 bridgehead atoms. The second kappa shape index (κ2) is 8.62. The van der Waals surface area contributed by atoms with E-state index in [-0.39, 0.29) is 30.2 Å². The van der Waals surface area contributed by atoms with E-state index in [1.165, 1.54) is 0 Å². The molecular formula is C18H26BrN3O2. The van der Waals surface area contributed by atoms with Crippen molar-refractivity contribution in [1.82, 2.24) is 15.1 Å². The first-order valence-electron chi connectivity index (χ1n) is 8.38. The monoisotopic (exact) mass is 395 g/mol. The zero-order valence-corrected chi connectivity index (χ0v) is 16.2. The summed E-state index contributed by atoms with van der Waals surface area (Å²) in [6, 6.07) is 7.79. The predicted octanol–water partition coefficient (Wildman–Crippen LogP) is 2.08. The molecule has 1 heterocycles. The fourth-order valence-electron chi connectivity index (χ4n) is 2.95. The molecular weight excluding hydrogens is 370 g/mol. The van der Waals surface area contributed by atoms with E-state index in [1.807, 2.05) is 43.0 Å². The number of carbonyl (C=O) groups excluding carboxylic acids is 2. The molecule has 0 aromatic heterocycles. The molecule has 2 rings (SSSR count). The van der Waals surface area contributed by atoms with Crippen LogP contribution in [0.25, 0.3) is 0 Å². The van der Waals surface area contributed by atoms with Gasteiger partial charge >= 0.3 is 0 Å². The van der Waals surface area contributed by atoms with Gasteiger partial charge in [-0.05, 0) is 30.7 Å². The number of rotatable bonds is 5. The minimum Gasteiger partial charge on any atom is -0.346 e. The Hall–Kier alpha value is -1.40. The number of nitrogens with zero attached hydrogens (tertiary/aromatic N) is 2. The van der Waals surface area contributed by atoms with E-state index in [9.17, 15) is 9.59 Å². The van der Waals surface area contributed by atoms with E-state index < -0.39 is 0 Å². The fraction of sp³-hybridized carbons (Fsp3) is 0.556. The molecule has 1 aliphatic rings. The van der Waals surface area contributed by atoms with Gasteiger partial charge in [-0.15, -0.1) is 0 Å². The van der Waals surface area contributed by atoms with E-state index >= 15 is 0 Å². The van der Waals surface area contributed by atoms with Crippen LogP contribution >= 0.6 is 15.9 Å². The molecule has 0 aliphatic carbocycles. The molecule has 5 nitrogen and oxygen atoms in total. The molecule has 1 aliphatic heterocycles. The van der Waals surface area contributed by atoms with Crippen molar-refractivity contribution in [3.8, 4) is 0 Å². The van der Waals surface area contributed by atoms with Crippen LogP contribution in [0.2, 0.25) is 0 Å². The molecule has 1 N–H and O–H groups in total. The number of piperazine rings is 1. The normalized spacial score (nSPS) is 17.0. The lowest BCUT2D eigenvalue weighted by molar-refractivity contribution is -0.134. The minimum atomic E-state index is -0.251. The summed E-state index contributed by atoms with van der Waals surface area (Å²) in [5, 5.41) is 2.83. The average molecular weight is 396 g/mol. The van der Waals surface area contributed by atoms with Crippen molar-refractivity contribution in [2.24, 2.45) is 5.92 Å². The molecule has 0 radical (unpaired) electrons. The van der Waals surface area contributed by atoms with Gasteiger partial charge in [-0.2, -0.15) is 0 Å². The molecule has 1 aromatic carbocycles. The van der Waals surface area contributed by atoms with Crippen LogP contribution in [0.15, 0.2) is 28.7 Å². The van der Waals surface area contributed by atoms with Crippen LogP contribution in [0.5, 0.6) is 0 Å². The first kappa shape index (κ1) is 18.9. The number of amides is 2. The molecule has 1 unspecified atom stereocenters. The zero-order valence-electron chi connectivity index (χ0n) is 14.6. The molecule has 1 atom stereocenters. The third kappa shape index (κ3) is 5.05. The quantitative estimate of drug-likeness (QED) is 0.829. The van der Waals surface area contributed by atoms with Crippen LogP contribution in [-0.4, -0.2) is 61.4 Å². The third-order valence-corrected chi connectivity index (χ3v) is 4.98. The number of carbonyl (C=O) groups is 2. The van der Waals surface area contributed by atoms with Crippen molar-refractivity contribution in [3.05, 3.63) is 34.3 Å². The number of hydrogen-bond acceptors (Lipinski definition) is 3. The van der Waals surface area contributed by atoms with Crippen molar-refractivity contribution in [2.45, 2.75) is 19.8 Å². The molecule has 132 valence electrons. The zero-order chi connectivity index (χ0) is 17.7.